The Morgan fingerprint density at radius 2 is 1.97 bits per heavy atom. The molecule has 0 atom stereocenters. The Balaban J connectivity index is 1.34. The standard InChI is InChI=1S/C24H17N3O5S/c1-14-8-9-15(11-17(14)26-22(29)19-6-4-10-31-19)23(30)32-13-16-12-21(28)27-18-5-2-3-7-20(18)33-24(27)25-16/h2-12H,13H2,1H3,(H,26,29). The molecule has 0 bridgehead atoms. The molecule has 33 heavy (non-hydrogen) atoms. The van der Waals surface area contributed by atoms with Crippen LogP contribution in [0.15, 0.2) is 76.1 Å². The van der Waals surface area contributed by atoms with Gasteiger partial charge in [0.05, 0.1) is 27.7 Å². The number of aryl methyl sites for hydroxylation is 1. The highest BCUT2D eigenvalue weighted by Crippen LogP contribution is 2.24. The van der Waals surface area contributed by atoms with E-state index in [0.717, 1.165) is 15.8 Å². The van der Waals surface area contributed by atoms with Crippen LogP contribution in [0.2, 0.25) is 0 Å². The normalized spacial score (nSPS) is 11.1. The smallest absolute Gasteiger partial charge is 0.338 e. The van der Waals surface area contributed by atoms with Gasteiger partial charge in [-0.15, -0.1) is 0 Å². The zero-order valence-corrected chi connectivity index (χ0v) is 18.2. The number of esters is 1. The highest BCUT2D eigenvalue weighted by molar-refractivity contribution is 7.23. The van der Waals surface area contributed by atoms with Crippen LogP contribution in [0, 0.1) is 6.92 Å². The number of fused-ring (bicyclic) bond motifs is 3. The molecule has 0 aliphatic heterocycles. The molecule has 3 aromatic heterocycles. The number of para-hydroxylation sites is 1. The lowest BCUT2D eigenvalue weighted by Crippen LogP contribution is -2.16. The third-order valence-electron chi connectivity index (χ3n) is 5.07. The second-order valence-corrected chi connectivity index (χ2v) is 8.32. The SMILES string of the molecule is Cc1ccc(C(=O)OCc2cc(=O)n3c(n2)sc2ccccc23)cc1NC(=O)c1ccco1. The van der Waals surface area contributed by atoms with E-state index in [1.165, 1.54) is 29.7 Å². The van der Waals surface area contributed by atoms with E-state index in [2.05, 4.69) is 10.3 Å². The van der Waals surface area contributed by atoms with Crippen molar-refractivity contribution >= 4 is 44.1 Å². The van der Waals surface area contributed by atoms with Crippen LogP contribution in [0.3, 0.4) is 0 Å². The van der Waals surface area contributed by atoms with Crippen molar-refractivity contribution in [2.45, 2.75) is 13.5 Å². The number of hydrogen-bond donors (Lipinski definition) is 1. The molecule has 0 radical (unpaired) electrons. The number of carbonyl (C=O) groups excluding carboxylic acids is 2. The van der Waals surface area contributed by atoms with Gasteiger partial charge < -0.3 is 14.5 Å². The lowest BCUT2D eigenvalue weighted by molar-refractivity contribution is 0.0467. The largest absolute Gasteiger partial charge is 0.459 e. The summed E-state index contributed by atoms with van der Waals surface area (Å²) in [4.78, 5) is 42.5. The van der Waals surface area contributed by atoms with E-state index in [1.807, 2.05) is 31.2 Å². The molecule has 0 saturated carbocycles. The average Bonchev–Trinajstić information content (AvgIpc) is 3.47. The molecule has 9 heteroatoms. The number of nitrogens with zero attached hydrogens (tertiary/aromatic N) is 2. The highest BCUT2D eigenvalue weighted by Gasteiger charge is 2.15. The number of amides is 1. The van der Waals surface area contributed by atoms with Crippen molar-refractivity contribution in [3.05, 3.63) is 99.9 Å². The topological polar surface area (TPSA) is 103 Å². The van der Waals surface area contributed by atoms with Gasteiger partial charge in [0.25, 0.3) is 11.5 Å². The van der Waals surface area contributed by atoms with Crippen molar-refractivity contribution in [3.8, 4) is 0 Å². The first-order valence-electron chi connectivity index (χ1n) is 10.0. The van der Waals surface area contributed by atoms with E-state index in [9.17, 15) is 14.4 Å². The molecule has 0 unspecified atom stereocenters. The van der Waals surface area contributed by atoms with Gasteiger partial charge in [-0.05, 0) is 48.9 Å². The molecular formula is C24H17N3O5S. The van der Waals surface area contributed by atoms with Gasteiger partial charge in [0, 0.05) is 11.8 Å². The molecule has 3 heterocycles. The molecule has 164 valence electrons. The molecule has 0 fully saturated rings. The van der Waals surface area contributed by atoms with Crippen molar-refractivity contribution in [2.75, 3.05) is 5.32 Å². The monoisotopic (exact) mass is 459 g/mol. The number of ether oxygens (including phenoxy) is 1. The van der Waals surface area contributed by atoms with E-state index in [1.54, 1.807) is 28.7 Å². The Bertz CT molecular complexity index is 1570. The van der Waals surface area contributed by atoms with Crippen molar-refractivity contribution in [2.24, 2.45) is 0 Å². The molecule has 0 saturated heterocycles. The van der Waals surface area contributed by atoms with Gasteiger partial charge >= 0.3 is 5.97 Å². The summed E-state index contributed by atoms with van der Waals surface area (Å²) in [6.45, 7) is 1.66. The van der Waals surface area contributed by atoms with E-state index in [-0.39, 0.29) is 23.5 Å². The summed E-state index contributed by atoms with van der Waals surface area (Å²) in [5, 5.41) is 2.73. The Morgan fingerprint density at radius 3 is 2.79 bits per heavy atom. The zero-order chi connectivity index (χ0) is 22.9. The number of aromatic nitrogens is 2. The maximum absolute atomic E-state index is 12.6. The van der Waals surface area contributed by atoms with Crippen molar-refractivity contribution in [1.82, 2.24) is 9.38 Å². The Hall–Kier alpha value is -4.24. The van der Waals surface area contributed by atoms with Crippen LogP contribution in [0.25, 0.3) is 15.2 Å². The van der Waals surface area contributed by atoms with Crippen molar-refractivity contribution in [3.63, 3.8) is 0 Å². The van der Waals surface area contributed by atoms with E-state index in [4.69, 9.17) is 9.15 Å². The third kappa shape index (κ3) is 4.01. The number of anilines is 1. The lowest BCUT2D eigenvalue weighted by atomic mass is 10.1. The summed E-state index contributed by atoms with van der Waals surface area (Å²) < 4.78 is 13.0. The number of furan rings is 1. The maximum atomic E-state index is 12.6. The maximum Gasteiger partial charge on any atom is 0.338 e. The summed E-state index contributed by atoms with van der Waals surface area (Å²) in [5.41, 5.74) is 2.42. The molecule has 0 spiro atoms. The van der Waals surface area contributed by atoms with Gasteiger partial charge in [-0.2, -0.15) is 0 Å². The fourth-order valence-corrected chi connectivity index (χ4v) is 4.45. The molecular weight excluding hydrogens is 442 g/mol. The summed E-state index contributed by atoms with van der Waals surface area (Å²) in [7, 11) is 0. The summed E-state index contributed by atoms with van der Waals surface area (Å²) in [5.74, 6) is -0.854. The second kappa shape index (κ2) is 8.36. The van der Waals surface area contributed by atoms with Crippen LogP contribution in [-0.2, 0) is 11.3 Å². The summed E-state index contributed by atoms with van der Waals surface area (Å²) >= 11 is 1.39. The lowest BCUT2D eigenvalue weighted by Gasteiger charge is -2.10. The quantitative estimate of drug-likeness (QED) is 0.390. The first-order chi connectivity index (χ1) is 16.0. The third-order valence-corrected chi connectivity index (χ3v) is 6.09. The number of hydrogen-bond acceptors (Lipinski definition) is 7. The van der Waals surface area contributed by atoms with E-state index < -0.39 is 11.9 Å². The Labute approximate surface area is 191 Å². The molecule has 5 rings (SSSR count). The molecule has 1 amide bonds. The Morgan fingerprint density at radius 1 is 1.12 bits per heavy atom. The first kappa shape index (κ1) is 20.7. The van der Waals surface area contributed by atoms with Crippen LogP contribution in [0.5, 0.6) is 0 Å². The number of carbonyl (C=O) groups is 2. The van der Waals surface area contributed by atoms with Gasteiger partial charge in [-0.25, -0.2) is 9.78 Å². The van der Waals surface area contributed by atoms with Crippen LogP contribution in [0.4, 0.5) is 5.69 Å². The van der Waals surface area contributed by atoms with Crippen LogP contribution in [0.1, 0.15) is 32.2 Å². The zero-order valence-electron chi connectivity index (χ0n) is 17.4. The molecule has 2 aromatic carbocycles. The minimum atomic E-state index is -0.596. The van der Waals surface area contributed by atoms with Crippen LogP contribution >= 0.6 is 11.3 Å². The van der Waals surface area contributed by atoms with Gasteiger partial charge in [0.15, 0.2) is 10.7 Å². The summed E-state index contributed by atoms with van der Waals surface area (Å²) in [6, 6.07) is 16.9. The fourth-order valence-electron chi connectivity index (χ4n) is 3.40. The van der Waals surface area contributed by atoms with Gasteiger partial charge in [0.1, 0.15) is 6.61 Å². The van der Waals surface area contributed by atoms with Gasteiger partial charge in [0.2, 0.25) is 0 Å². The molecule has 0 aliphatic carbocycles. The molecule has 8 nitrogen and oxygen atoms in total. The molecule has 1 N–H and O–H groups in total. The van der Waals surface area contributed by atoms with Crippen LogP contribution < -0.4 is 10.9 Å². The minimum absolute atomic E-state index is 0.152. The van der Waals surface area contributed by atoms with Crippen molar-refractivity contribution in [1.29, 1.82) is 0 Å². The minimum Gasteiger partial charge on any atom is -0.459 e. The summed E-state index contributed by atoms with van der Waals surface area (Å²) in [6.07, 6.45) is 1.41. The first-order valence-corrected chi connectivity index (χ1v) is 10.8. The van der Waals surface area contributed by atoms with Crippen LogP contribution in [-0.4, -0.2) is 21.3 Å². The molecule has 0 aliphatic rings. The highest BCUT2D eigenvalue weighted by atomic mass is 32.1. The van der Waals surface area contributed by atoms with Crippen molar-refractivity contribution < 1.29 is 18.7 Å². The van der Waals surface area contributed by atoms with E-state index >= 15 is 0 Å². The van der Waals surface area contributed by atoms with Gasteiger partial charge in [-0.1, -0.05) is 29.5 Å². The number of benzene rings is 2. The van der Waals surface area contributed by atoms with Gasteiger partial charge in [-0.3, -0.25) is 14.0 Å². The molecule has 5 aromatic rings. The number of nitrogens with one attached hydrogen (secondary N) is 1. The van der Waals surface area contributed by atoms with E-state index in [0.29, 0.717) is 16.3 Å². The predicted molar refractivity (Wildman–Crippen MR) is 124 cm³/mol. The number of rotatable bonds is 5. The Kier molecular flexibility index (Phi) is 5.23. The second-order valence-electron chi connectivity index (χ2n) is 7.31. The number of thiazole rings is 1. The predicted octanol–water partition coefficient (Wildman–Crippen LogP) is 4.42. The average molecular weight is 459 g/mol. The fraction of sp³-hybridized carbons (Fsp3) is 0.0833.